The van der Waals surface area contributed by atoms with Crippen LogP contribution in [0.4, 0.5) is 0 Å². The van der Waals surface area contributed by atoms with Crippen molar-refractivity contribution >= 4 is 33.5 Å². The molecule has 0 spiro atoms. The van der Waals surface area contributed by atoms with Crippen molar-refractivity contribution in [3.8, 4) is 11.3 Å². The van der Waals surface area contributed by atoms with E-state index in [1.807, 2.05) is 48.8 Å². The van der Waals surface area contributed by atoms with Crippen molar-refractivity contribution in [2.45, 2.75) is 44.7 Å². The lowest BCUT2D eigenvalue weighted by molar-refractivity contribution is -0.122. The lowest BCUT2D eigenvalue weighted by Gasteiger charge is -2.17. The van der Waals surface area contributed by atoms with Crippen LogP contribution in [0, 0.1) is 0 Å². The third-order valence-corrected chi connectivity index (χ3v) is 6.65. The Morgan fingerprint density at radius 1 is 0.974 bits per heavy atom. The highest BCUT2D eigenvalue weighted by atomic mass is 16.2. The SMILES string of the molecule is CNC(=O)CCCCCC(NC(=O)Cn1cc2ccccc2n1)c1ncc(-c2ccc3ccncc3c2)[nH]1. The van der Waals surface area contributed by atoms with E-state index in [1.54, 1.807) is 24.1 Å². The predicted octanol–water partition coefficient (Wildman–Crippen LogP) is 4.53. The molecular weight excluding hydrogens is 478 g/mol. The summed E-state index contributed by atoms with van der Waals surface area (Å²) in [6.45, 7) is 0.118. The molecule has 3 N–H and O–H groups in total. The highest BCUT2D eigenvalue weighted by Gasteiger charge is 2.19. The number of pyridine rings is 1. The summed E-state index contributed by atoms with van der Waals surface area (Å²) in [6.07, 6.45) is 11.0. The summed E-state index contributed by atoms with van der Waals surface area (Å²) in [5.41, 5.74) is 2.74. The number of hydrogen-bond donors (Lipinski definition) is 3. The molecule has 3 aromatic heterocycles. The lowest BCUT2D eigenvalue weighted by atomic mass is 10.1. The Morgan fingerprint density at radius 2 is 1.87 bits per heavy atom. The van der Waals surface area contributed by atoms with Gasteiger partial charge in [0.15, 0.2) is 0 Å². The quantitative estimate of drug-likeness (QED) is 0.226. The highest BCUT2D eigenvalue weighted by molar-refractivity contribution is 5.86. The van der Waals surface area contributed by atoms with E-state index >= 15 is 0 Å². The number of hydrogen-bond acceptors (Lipinski definition) is 5. The van der Waals surface area contributed by atoms with Gasteiger partial charge in [-0.1, -0.05) is 43.2 Å². The van der Waals surface area contributed by atoms with Gasteiger partial charge in [-0.2, -0.15) is 5.10 Å². The molecule has 0 fully saturated rings. The first-order valence-corrected chi connectivity index (χ1v) is 12.9. The first-order valence-electron chi connectivity index (χ1n) is 12.9. The molecule has 2 amide bonds. The number of nitrogens with one attached hydrogen (secondary N) is 3. The van der Waals surface area contributed by atoms with Crippen LogP contribution in [0.3, 0.4) is 0 Å². The van der Waals surface area contributed by atoms with E-state index in [0.717, 1.165) is 52.2 Å². The first-order chi connectivity index (χ1) is 18.6. The normalized spacial score (nSPS) is 12.0. The Labute approximate surface area is 220 Å². The zero-order chi connectivity index (χ0) is 26.3. The topological polar surface area (TPSA) is 118 Å². The van der Waals surface area contributed by atoms with Crippen LogP contribution < -0.4 is 10.6 Å². The number of aromatic nitrogens is 5. The number of carbonyl (C=O) groups is 2. The zero-order valence-corrected chi connectivity index (χ0v) is 21.4. The number of imidazole rings is 1. The smallest absolute Gasteiger partial charge is 0.242 e. The van der Waals surface area contributed by atoms with Crippen LogP contribution in [0.2, 0.25) is 0 Å². The van der Waals surface area contributed by atoms with Crippen LogP contribution in [0.5, 0.6) is 0 Å². The number of aromatic amines is 1. The van der Waals surface area contributed by atoms with Crippen molar-refractivity contribution < 1.29 is 9.59 Å². The monoisotopic (exact) mass is 509 g/mol. The molecule has 1 atom stereocenters. The van der Waals surface area contributed by atoms with Gasteiger partial charge in [-0.15, -0.1) is 0 Å². The highest BCUT2D eigenvalue weighted by Crippen LogP contribution is 2.25. The van der Waals surface area contributed by atoms with Gasteiger partial charge in [0.2, 0.25) is 11.8 Å². The van der Waals surface area contributed by atoms with E-state index < -0.39 is 0 Å². The fourth-order valence-corrected chi connectivity index (χ4v) is 4.61. The molecule has 2 aromatic carbocycles. The minimum atomic E-state index is -0.289. The van der Waals surface area contributed by atoms with Crippen LogP contribution >= 0.6 is 0 Å². The summed E-state index contributed by atoms with van der Waals surface area (Å²) in [4.78, 5) is 36.9. The third-order valence-electron chi connectivity index (χ3n) is 6.65. The molecule has 0 aliphatic heterocycles. The minimum absolute atomic E-state index is 0.0442. The first kappa shape index (κ1) is 25.1. The number of rotatable bonds is 11. The van der Waals surface area contributed by atoms with Crippen LogP contribution in [-0.2, 0) is 16.1 Å². The van der Waals surface area contributed by atoms with Crippen molar-refractivity contribution in [1.29, 1.82) is 0 Å². The Morgan fingerprint density at radius 3 is 2.74 bits per heavy atom. The number of fused-ring (bicyclic) bond motifs is 2. The van der Waals surface area contributed by atoms with Crippen LogP contribution in [0.1, 0.15) is 44.0 Å². The summed E-state index contributed by atoms with van der Waals surface area (Å²) >= 11 is 0. The number of nitrogens with zero attached hydrogens (tertiary/aromatic N) is 4. The fraction of sp³-hybridized carbons (Fsp3) is 0.276. The van der Waals surface area contributed by atoms with Gasteiger partial charge < -0.3 is 15.6 Å². The molecule has 1 unspecified atom stereocenters. The Hall–Kier alpha value is -4.53. The Kier molecular flexibility index (Phi) is 7.73. The van der Waals surface area contributed by atoms with Gasteiger partial charge in [-0.25, -0.2) is 4.98 Å². The number of unbranched alkanes of at least 4 members (excludes halogenated alkanes) is 2. The van der Waals surface area contributed by atoms with Gasteiger partial charge in [-0.05, 0) is 36.4 Å². The average Bonchev–Trinajstić information content (AvgIpc) is 3.59. The van der Waals surface area contributed by atoms with Crippen molar-refractivity contribution in [2.75, 3.05) is 7.05 Å². The summed E-state index contributed by atoms with van der Waals surface area (Å²) in [6, 6.07) is 15.7. The molecule has 9 nitrogen and oxygen atoms in total. The summed E-state index contributed by atoms with van der Waals surface area (Å²) < 4.78 is 1.66. The van der Waals surface area contributed by atoms with Crippen LogP contribution in [0.15, 0.2) is 73.3 Å². The summed E-state index contributed by atoms with van der Waals surface area (Å²) in [7, 11) is 1.65. The summed E-state index contributed by atoms with van der Waals surface area (Å²) in [5.74, 6) is 0.613. The van der Waals surface area contributed by atoms with Crippen LogP contribution in [0.25, 0.3) is 32.9 Å². The fourth-order valence-electron chi connectivity index (χ4n) is 4.61. The van der Waals surface area contributed by atoms with E-state index in [2.05, 4.69) is 42.8 Å². The van der Waals surface area contributed by atoms with Gasteiger partial charge in [-0.3, -0.25) is 19.3 Å². The zero-order valence-electron chi connectivity index (χ0n) is 21.4. The maximum atomic E-state index is 13.0. The molecule has 0 aliphatic carbocycles. The van der Waals surface area contributed by atoms with Gasteiger partial charge in [0, 0.05) is 48.4 Å². The van der Waals surface area contributed by atoms with Crippen molar-refractivity contribution in [3.63, 3.8) is 0 Å². The van der Waals surface area contributed by atoms with E-state index in [9.17, 15) is 9.59 Å². The number of H-pyrrole nitrogens is 1. The Balaban J connectivity index is 1.30. The minimum Gasteiger partial charge on any atom is -0.359 e. The van der Waals surface area contributed by atoms with Gasteiger partial charge in [0.05, 0.1) is 23.4 Å². The van der Waals surface area contributed by atoms with E-state index in [-0.39, 0.29) is 24.4 Å². The van der Waals surface area contributed by atoms with Gasteiger partial charge in [0.1, 0.15) is 12.4 Å². The van der Waals surface area contributed by atoms with Gasteiger partial charge in [0.25, 0.3) is 0 Å². The third kappa shape index (κ3) is 6.05. The predicted molar refractivity (Wildman–Crippen MR) is 147 cm³/mol. The lowest BCUT2D eigenvalue weighted by Crippen LogP contribution is -2.32. The maximum absolute atomic E-state index is 13.0. The number of benzene rings is 2. The molecule has 9 heteroatoms. The number of carbonyl (C=O) groups excluding carboxylic acids is 2. The molecule has 0 radical (unpaired) electrons. The molecule has 3 heterocycles. The molecule has 5 aromatic rings. The molecule has 0 saturated heterocycles. The van der Waals surface area contributed by atoms with E-state index in [4.69, 9.17) is 0 Å². The second-order valence-electron chi connectivity index (χ2n) is 9.40. The molecule has 0 saturated carbocycles. The Bertz CT molecular complexity index is 1520. The summed E-state index contributed by atoms with van der Waals surface area (Å²) in [5, 5.41) is 13.5. The molecule has 38 heavy (non-hydrogen) atoms. The average molecular weight is 510 g/mol. The van der Waals surface area contributed by atoms with Crippen molar-refractivity contribution in [1.82, 2.24) is 35.4 Å². The maximum Gasteiger partial charge on any atom is 0.242 e. The van der Waals surface area contributed by atoms with Crippen LogP contribution in [-0.4, -0.2) is 43.6 Å². The van der Waals surface area contributed by atoms with Crippen molar-refractivity contribution in [2.24, 2.45) is 0 Å². The second kappa shape index (κ2) is 11.7. The molecule has 0 bridgehead atoms. The number of amides is 2. The molecule has 0 aliphatic rings. The van der Waals surface area contributed by atoms with E-state index in [1.165, 1.54) is 0 Å². The van der Waals surface area contributed by atoms with Crippen molar-refractivity contribution in [3.05, 3.63) is 79.1 Å². The second-order valence-corrected chi connectivity index (χ2v) is 9.40. The molecule has 194 valence electrons. The van der Waals surface area contributed by atoms with Gasteiger partial charge >= 0.3 is 0 Å². The molecule has 5 rings (SSSR count). The standard InChI is InChI=1S/C29H31N7O2/c1-30-27(37)10-4-2-3-9-25(33-28(38)19-36-18-22-7-5-6-8-24(22)35-36)29-32-17-26(34-29)21-12-11-20-13-14-31-16-23(20)15-21/h5-8,11-18,25H,2-4,9-10,19H2,1H3,(H,30,37)(H,32,34)(H,33,38). The molecular formula is C29H31N7O2. The van der Waals surface area contributed by atoms with E-state index in [0.29, 0.717) is 18.7 Å². The largest absolute Gasteiger partial charge is 0.359 e.